The summed E-state index contributed by atoms with van der Waals surface area (Å²) in [7, 11) is 0. The van der Waals surface area contributed by atoms with Crippen molar-refractivity contribution in [2.45, 2.75) is 5.41 Å². The summed E-state index contributed by atoms with van der Waals surface area (Å²) in [5, 5.41) is 9.69. The topological polar surface area (TPSA) is 76.0 Å². The molecule has 36 heavy (non-hydrogen) atoms. The number of rotatable bonds is 4. The minimum atomic E-state index is -1.15. The van der Waals surface area contributed by atoms with Crippen LogP contribution in [0.1, 0.15) is 33.0 Å². The van der Waals surface area contributed by atoms with Crippen molar-refractivity contribution in [1.29, 1.82) is 0 Å². The number of carboxylic acids is 1. The molecule has 1 aliphatic carbocycles. The number of carbonyl (C=O) groups is 1. The molecule has 174 valence electrons. The third kappa shape index (κ3) is 3.13. The summed E-state index contributed by atoms with van der Waals surface area (Å²) in [6.07, 6.45) is 0. The van der Waals surface area contributed by atoms with E-state index in [2.05, 4.69) is 9.97 Å². The Morgan fingerprint density at radius 3 is 1.89 bits per heavy atom. The van der Waals surface area contributed by atoms with Crippen LogP contribution < -0.4 is 0 Å². The van der Waals surface area contributed by atoms with E-state index in [0.717, 1.165) is 28.3 Å². The first-order chi connectivity index (χ1) is 17.5. The summed E-state index contributed by atoms with van der Waals surface area (Å²) in [5.41, 5.74) is 3.85. The lowest BCUT2D eigenvalue weighted by molar-refractivity contribution is 0.0690. The number of nitrogens with zero attached hydrogens (tertiary/aromatic N) is 3. The van der Waals surface area contributed by atoms with Gasteiger partial charge in [0.15, 0.2) is 0 Å². The second-order valence-corrected chi connectivity index (χ2v) is 8.43. The van der Waals surface area contributed by atoms with Gasteiger partial charge in [-0.2, -0.15) is 13.8 Å². The third-order valence-corrected chi connectivity index (χ3v) is 6.53. The molecule has 0 atom stereocenters. The van der Waals surface area contributed by atoms with Gasteiger partial charge >= 0.3 is 5.97 Å². The molecule has 7 heteroatoms. The van der Waals surface area contributed by atoms with E-state index >= 15 is 0 Å². The lowest BCUT2D eigenvalue weighted by Gasteiger charge is -2.32. The van der Waals surface area contributed by atoms with E-state index in [1.54, 1.807) is 24.3 Å². The molecule has 0 saturated heterocycles. The van der Waals surface area contributed by atoms with Crippen LogP contribution in [0, 0.1) is 11.9 Å². The maximum atomic E-state index is 14.6. The zero-order valence-corrected chi connectivity index (χ0v) is 18.7. The molecular weight excluding hydrogens is 460 g/mol. The number of aromatic nitrogens is 3. The van der Waals surface area contributed by atoms with Crippen LogP contribution in [-0.2, 0) is 5.41 Å². The lowest BCUT2D eigenvalue weighted by Crippen LogP contribution is -2.31. The summed E-state index contributed by atoms with van der Waals surface area (Å²) < 4.78 is 28.1. The summed E-state index contributed by atoms with van der Waals surface area (Å²) in [6, 6.07) is 28.1. The van der Waals surface area contributed by atoms with Gasteiger partial charge in [-0.1, -0.05) is 60.7 Å². The molecule has 5 nitrogen and oxygen atoms in total. The Kier molecular flexibility index (Phi) is 4.93. The van der Waals surface area contributed by atoms with Crippen molar-refractivity contribution in [2.75, 3.05) is 0 Å². The number of pyridine rings is 3. The summed E-state index contributed by atoms with van der Waals surface area (Å²) >= 11 is 0. The molecule has 2 aromatic carbocycles. The fourth-order valence-corrected chi connectivity index (χ4v) is 5.08. The Bertz CT molecular complexity index is 1620. The van der Waals surface area contributed by atoms with Crippen molar-refractivity contribution in [3.8, 4) is 22.4 Å². The Hall–Kier alpha value is -4.78. The smallest absolute Gasteiger partial charge is 0.354 e. The summed E-state index contributed by atoms with van der Waals surface area (Å²) in [4.78, 5) is 24.6. The van der Waals surface area contributed by atoms with Crippen molar-refractivity contribution in [2.24, 2.45) is 0 Å². The van der Waals surface area contributed by atoms with E-state index in [9.17, 15) is 18.7 Å². The number of carboxylic acid groups (broad SMARTS) is 1. The number of benzene rings is 2. The van der Waals surface area contributed by atoms with Crippen LogP contribution in [-0.4, -0.2) is 26.0 Å². The quantitative estimate of drug-likeness (QED) is 0.321. The van der Waals surface area contributed by atoms with Gasteiger partial charge in [-0.15, -0.1) is 0 Å². The molecule has 5 aromatic rings. The predicted octanol–water partition coefficient (Wildman–Crippen LogP) is 5.88. The van der Waals surface area contributed by atoms with Crippen LogP contribution >= 0.6 is 0 Å². The predicted molar refractivity (Wildman–Crippen MR) is 129 cm³/mol. The lowest BCUT2D eigenvalue weighted by atomic mass is 9.72. The Labute approximate surface area is 204 Å². The molecule has 0 amide bonds. The standard InChI is InChI=1S/C29H17F2N3O2/c30-26-16-15-19(27(31)34-26)22-11-5-13-24(32-22)29(25-14-6-12-23(33-25)28(35)36)20-9-3-1-7-17(20)18-8-2-4-10-21(18)29/h1-16H,(H,35,36). The van der Waals surface area contributed by atoms with E-state index in [1.807, 2.05) is 54.6 Å². The SMILES string of the molecule is O=C(O)c1cccc(C2(c3cccc(-c4ccc(F)nc4F)n3)c3ccccc3-c3ccccc32)n1. The highest BCUT2D eigenvalue weighted by Crippen LogP contribution is 2.55. The molecule has 3 aromatic heterocycles. The largest absolute Gasteiger partial charge is 0.477 e. The van der Waals surface area contributed by atoms with Crippen LogP contribution in [0.4, 0.5) is 8.78 Å². The second kappa shape index (κ2) is 8.16. The maximum Gasteiger partial charge on any atom is 0.354 e. The van der Waals surface area contributed by atoms with Crippen LogP contribution in [0.15, 0.2) is 97.1 Å². The molecule has 0 radical (unpaired) electrons. The van der Waals surface area contributed by atoms with Gasteiger partial charge in [0.05, 0.1) is 22.6 Å². The van der Waals surface area contributed by atoms with Crippen molar-refractivity contribution >= 4 is 5.97 Å². The van der Waals surface area contributed by atoms with Crippen LogP contribution in [0.2, 0.25) is 0 Å². The summed E-state index contributed by atoms with van der Waals surface area (Å²) in [6.45, 7) is 0. The average molecular weight is 477 g/mol. The van der Waals surface area contributed by atoms with E-state index < -0.39 is 23.3 Å². The van der Waals surface area contributed by atoms with E-state index in [1.165, 1.54) is 12.1 Å². The number of hydrogen-bond acceptors (Lipinski definition) is 4. The van der Waals surface area contributed by atoms with Crippen LogP contribution in [0.5, 0.6) is 0 Å². The minimum Gasteiger partial charge on any atom is -0.477 e. The van der Waals surface area contributed by atoms with E-state index in [0.29, 0.717) is 11.4 Å². The van der Waals surface area contributed by atoms with Gasteiger partial charge in [-0.05, 0) is 58.7 Å². The van der Waals surface area contributed by atoms with Gasteiger partial charge in [-0.25, -0.2) is 9.78 Å². The molecule has 0 saturated carbocycles. The molecule has 0 fully saturated rings. The molecule has 3 heterocycles. The molecule has 0 unspecified atom stereocenters. The van der Waals surface area contributed by atoms with Gasteiger partial charge < -0.3 is 5.11 Å². The molecule has 1 N–H and O–H groups in total. The highest BCUT2D eigenvalue weighted by Gasteiger charge is 2.48. The van der Waals surface area contributed by atoms with Crippen molar-refractivity contribution in [3.63, 3.8) is 0 Å². The normalized spacial score (nSPS) is 13.2. The van der Waals surface area contributed by atoms with Gasteiger partial charge in [-0.3, -0.25) is 4.98 Å². The molecule has 0 spiro atoms. The van der Waals surface area contributed by atoms with Crippen molar-refractivity contribution in [3.05, 3.63) is 137 Å². The second-order valence-electron chi connectivity index (χ2n) is 8.43. The number of aromatic carboxylic acids is 1. The number of halogens is 2. The fourth-order valence-electron chi connectivity index (χ4n) is 5.08. The number of fused-ring (bicyclic) bond motifs is 3. The fraction of sp³-hybridized carbons (Fsp3) is 0.0345. The minimum absolute atomic E-state index is 0.0558. The van der Waals surface area contributed by atoms with Gasteiger partial charge in [0, 0.05) is 0 Å². The first-order valence-corrected chi connectivity index (χ1v) is 11.2. The average Bonchev–Trinajstić information content (AvgIpc) is 3.20. The highest BCUT2D eigenvalue weighted by molar-refractivity contribution is 5.87. The summed E-state index contributed by atoms with van der Waals surface area (Å²) in [5.74, 6) is -3.03. The first kappa shape index (κ1) is 21.7. The zero-order chi connectivity index (χ0) is 24.9. The van der Waals surface area contributed by atoms with Gasteiger partial charge in [0.1, 0.15) is 11.1 Å². The first-order valence-electron chi connectivity index (χ1n) is 11.2. The van der Waals surface area contributed by atoms with Crippen molar-refractivity contribution in [1.82, 2.24) is 15.0 Å². The van der Waals surface area contributed by atoms with Crippen molar-refractivity contribution < 1.29 is 18.7 Å². The monoisotopic (exact) mass is 477 g/mol. The van der Waals surface area contributed by atoms with Gasteiger partial charge in [0.2, 0.25) is 11.9 Å². The third-order valence-electron chi connectivity index (χ3n) is 6.53. The van der Waals surface area contributed by atoms with Crippen LogP contribution in [0.3, 0.4) is 0 Å². The Morgan fingerprint density at radius 1 is 0.639 bits per heavy atom. The maximum absolute atomic E-state index is 14.6. The Morgan fingerprint density at radius 2 is 1.25 bits per heavy atom. The highest BCUT2D eigenvalue weighted by atomic mass is 19.1. The Balaban J connectivity index is 1.71. The number of hydrogen-bond donors (Lipinski definition) is 1. The molecule has 0 bridgehead atoms. The van der Waals surface area contributed by atoms with Gasteiger partial charge in [0.25, 0.3) is 0 Å². The van der Waals surface area contributed by atoms with E-state index in [-0.39, 0.29) is 17.0 Å². The van der Waals surface area contributed by atoms with E-state index in [4.69, 9.17) is 4.98 Å². The molecule has 6 rings (SSSR count). The zero-order valence-electron chi connectivity index (χ0n) is 18.7. The molecule has 0 aliphatic heterocycles. The van der Waals surface area contributed by atoms with Crippen LogP contribution in [0.25, 0.3) is 22.4 Å². The molecule has 1 aliphatic rings. The molecular formula is C29H17F2N3O2.